The first kappa shape index (κ1) is 30.8. The quantitative estimate of drug-likeness (QED) is 0.402. The number of amides is 4. The fourth-order valence-corrected chi connectivity index (χ4v) is 5.73. The molecule has 2 heterocycles. The van der Waals surface area contributed by atoms with Crippen LogP contribution >= 0.6 is 0 Å². The highest BCUT2D eigenvalue weighted by atomic mass is 16.2. The smallest absolute Gasteiger partial charge is 0.246 e. The van der Waals surface area contributed by atoms with E-state index in [9.17, 15) is 24.0 Å². The zero-order chi connectivity index (χ0) is 28.3. The highest BCUT2D eigenvalue weighted by Gasteiger charge is 2.50. The standard InChI is InChI=1S/C28H48N4O5/c1-16(2)21-17(3)14-32(26(37)23(28(7,8)9)31-20(34)13-27(4,5)6)22(21)25(36)30-19(15-33)12-18-10-11-29-24(18)35/h15-19,21-23H,10-14H2,1-9H3,(H,29,35)(H,30,36)(H,31,34)/t17-,18-,19-,21-,22-,23+/m0/s1. The van der Waals surface area contributed by atoms with Gasteiger partial charge < -0.3 is 25.6 Å². The maximum Gasteiger partial charge on any atom is 0.246 e. The third kappa shape index (κ3) is 8.01. The Morgan fingerprint density at radius 2 is 1.73 bits per heavy atom. The number of aldehydes is 1. The van der Waals surface area contributed by atoms with Gasteiger partial charge in [-0.05, 0) is 41.4 Å². The van der Waals surface area contributed by atoms with Gasteiger partial charge >= 0.3 is 0 Å². The van der Waals surface area contributed by atoms with Crippen molar-refractivity contribution in [2.75, 3.05) is 13.1 Å². The lowest BCUT2D eigenvalue weighted by Crippen LogP contribution is -2.59. The van der Waals surface area contributed by atoms with Crippen LogP contribution in [-0.4, -0.2) is 66.0 Å². The van der Waals surface area contributed by atoms with Gasteiger partial charge in [-0.15, -0.1) is 0 Å². The minimum Gasteiger partial charge on any atom is -0.356 e. The van der Waals surface area contributed by atoms with Crippen molar-refractivity contribution in [2.45, 2.75) is 99.7 Å². The van der Waals surface area contributed by atoms with Crippen LogP contribution in [0.4, 0.5) is 0 Å². The first-order valence-corrected chi connectivity index (χ1v) is 13.6. The SMILES string of the molecule is CC(C)[C@@H]1[C@@H](C(=O)N[C@H](C=O)C[C@@H]2CCNC2=O)N(C(=O)[C@@H](NC(=O)CC(C)(C)C)C(C)(C)C)C[C@@H]1C. The Morgan fingerprint density at radius 1 is 1.11 bits per heavy atom. The summed E-state index contributed by atoms with van der Waals surface area (Å²) < 4.78 is 0. The van der Waals surface area contributed by atoms with Gasteiger partial charge in [-0.1, -0.05) is 62.3 Å². The van der Waals surface area contributed by atoms with Gasteiger partial charge in [0, 0.05) is 25.4 Å². The van der Waals surface area contributed by atoms with E-state index in [1.165, 1.54) is 0 Å². The van der Waals surface area contributed by atoms with Crippen molar-refractivity contribution in [3.05, 3.63) is 0 Å². The van der Waals surface area contributed by atoms with Gasteiger partial charge in [0.1, 0.15) is 18.4 Å². The molecule has 0 aliphatic carbocycles. The second kappa shape index (κ2) is 11.9. The molecule has 0 spiro atoms. The number of carbonyl (C=O) groups is 5. The third-order valence-electron chi connectivity index (χ3n) is 7.47. The van der Waals surface area contributed by atoms with Gasteiger partial charge in [-0.3, -0.25) is 19.2 Å². The normalized spacial score (nSPS) is 26.0. The molecule has 0 aromatic carbocycles. The number of carbonyl (C=O) groups excluding carboxylic acids is 5. The minimum absolute atomic E-state index is 0.0564. The molecule has 0 aromatic heterocycles. The number of likely N-dealkylation sites (tertiary alicyclic amines) is 1. The van der Waals surface area contributed by atoms with E-state index in [-0.39, 0.29) is 65.6 Å². The first-order valence-electron chi connectivity index (χ1n) is 13.6. The summed E-state index contributed by atoms with van der Waals surface area (Å²) in [5, 5.41) is 8.54. The maximum atomic E-state index is 14.0. The van der Waals surface area contributed by atoms with Crippen molar-refractivity contribution in [2.24, 2.45) is 34.5 Å². The topological polar surface area (TPSA) is 125 Å². The van der Waals surface area contributed by atoms with Crippen molar-refractivity contribution in [1.29, 1.82) is 0 Å². The average molecular weight is 521 g/mol. The zero-order valence-electron chi connectivity index (χ0n) is 24.1. The molecule has 0 aromatic rings. The molecule has 0 unspecified atom stereocenters. The molecule has 0 radical (unpaired) electrons. The van der Waals surface area contributed by atoms with E-state index in [0.717, 1.165) is 0 Å². The minimum atomic E-state index is -0.813. The van der Waals surface area contributed by atoms with Crippen LogP contribution < -0.4 is 16.0 Å². The van der Waals surface area contributed by atoms with Crippen LogP contribution in [0.15, 0.2) is 0 Å². The molecule has 6 atom stereocenters. The number of hydrogen-bond donors (Lipinski definition) is 3. The van der Waals surface area contributed by atoms with Crippen LogP contribution in [0.25, 0.3) is 0 Å². The Labute approximate surface area is 222 Å². The second-order valence-electron chi connectivity index (χ2n) is 13.6. The number of hydrogen-bond acceptors (Lipinski definition) is 5. The molecule has 37 heavy (non-hydrogen) atoms. The van der Waals surface area contributed by atoms with E-state index in [4.69, 9.17) is 0 Å². The summed E-state index contributed by atoms with van der Waals surface area (Å²) in [6, 6.07) is -2.39. The summed E-state index contributed by atoms with van der Waals surface area (Å²) in [6.07, 6.45) is 1.80. The lowest BCUT2D eigenvalue weighted by molar-refractivity contribution is -0.145. The largest absolute Gasteiger partial charge is 0.356 e. The van der Waals surface area contributed by atoms with Crippen molar-refractivity contribution < 1.29 is 24.0 Å². The van der Waals surface area contributed by atoms with Crippen LogP contribution in [0.5, 0.6) is 0 Å². The molecule has 2 saturated heterocycles. The molecule has 0 bridgehead atoms. The second-order valence-corrected chi connectivity index (χ2v) is 13.6. The van der Waals surface area contributed by atoms with E-state index in [1.54, 1.807) is 4.90 Å². The van der Waals surface area contributed by atoms with Crippen LogP contribution in [0, 0.1) is 34.5 Å². The fourth-order valence-electron chi connectivity index (χ4n) is 5.73. The van der Waals surface area contributed by atoms with Gasteiger partial charge in [0.05, 0.1) is 6.04 Å². The van der Waals surface area contributed by atoms with Gasteiger partial charge in [0.2, 0.25) is 23.6 Å². The highest BCUT2D eigenvalue weighted by molar-refractivity contribution is 5.94. The Hall–Kier alpha value is -2.45. The van der Waals surface area contributed by atoms with E-state index in [2.05, 4.69) is 16.0 Å². The Bertz CT molecular complexity index is 873. The average Bonchev–Trinajstić information content (AvgIpc) is 3.31. The lowest BCUT2D eigenvalue weighted by atomic mass is 9.81. The van der Waals surface area contributed by atoms with Gasteiger partial charge in [-0.2, -0.15) is 0 Å². The summed E-state index contributed by atoms with van der Waals surface area (Å²) in [7, 11) is 0. The Balaban J connectivity index is 2.31. The summed E-state index contributed by atoms with van der Waals surface area (Å²) in [4.78, 5) is 66.0. The summed E-state index contributed by atoms with van der Waals surface area (Å²) in [5.41, 5.74) is -0.811. The summed E-state index contributed by atoms with van der Waals surface area (Å²) >= 11 is 0. The molecule has 9 heteroatoms. The van der Waals surface area contributed by atoms with Crippen molar-refractivity contribution in [3.8, 4) is 0 Å². The van der Waals surface area contributed by atoms with E-state index >= 15 is 0 Å². The first-order chi connectivity index (χ1) is 17.0. The molecular formula is C28H48N4O5. The van der Waals surface area contributed by atoms with Gasteiger partial charge in [-0.25, -0.2) is 0 Å². The van der Waals surface area contributed by atoms with Gasteiger partial charge in [0.15, 0.2) is 0 Å². The molecule has 2 aliphatic heterocycles. The van der Waals surface area contributed by atoms with Gasteiger partial charge in [0.25, 0.3) is 0 Å². The molecule has 4 amide bonds. The summed E-state index contributed by atoms with van der Waals surface area (Å²) in [5.74, 6) is -1.25. The Morgan fingerprint density at radius 3 is 2.19 bits per heavy atom. The van der Waals surface area contributed by atoms with Crippen molar-refractivity contribution in [1.82, 2.24) is 20.9 Å². The van der Waals surface area contributed by atoms with Crippen LogP contribution in [-0.2, 0) is 24.0 Å². The molecule has 0 saturated carbocycles. The molecule has 2 aliphatic rings. The zero-order valence-corrected chi connectivity index (χ0v) is 24.1. The predicted octanol–water partition coefficient (Wildman–Crippen LogP) is 2.28. The number of nitrogens with zero attached hydrogens (tertiary/aromatic N) is 1. The third-order valence-corrected chi connectivity index (χ3v) is 7.47. The highest BCUT2D eigenvalue weighted by Crippen LogP contribution is 2.37. The van der Waals surface area contributed by atoms with E-state index < -0.39 is 23.5 Å². The van der Waals surface area contributed by atoms with Crippen molar-refractivity contribution in [3.63, 3.8) is 0 Å². The van der Waals surface area contributed by atoms with E-state index in [1.807, 2.05) is 62.3 Å². The van der Waals surface area contributed by atoms with Crippen LogP contribution in [0.2, 0.25) is 0 Å². The molecule has 2 fully saturated rings. The molecule has 2 rings (SSSR count). The number of rotatable bonds is 9. The molecule has 9 nitrogen and oxygen atoms in total. The predicted molar refractivity (Wildman–Crippen MR) is 142 cm³/mol. The molecular weight excluding hydrogens is 472 g/mol. The fraction of sp³-hybridized carbons (Fsp3) is 0.821. The van der Waals surface area contributed by atoms with E-state index in [0.29, 0.717) is 25.8 Å². The summed E-state index contributed by atoms with van der Waals surface area (Å²) in [6.45, 7) is 18.6. The van der Waals surface area contributed by atoms with Crippen LogP contribution in [0.3, 0.4) is 0 Å². The monoisotopic (exact) mass is 520 g/mol. The molecule has 210 valence electrons. The maximum absolute atomic E-state index is 14.0. The molecule has 3 N–H and O–H groups in total. The Kier molecular flexibility index (Phi) is 9.93. The van der Waals surface area contributed by atoms with Crippen molar-refractivity contribution >= 4 is 29.9 Å². The number of nitrogens with one attached hydrogen (secondary N) is 3. The van der Waals surface area contributed by atoms with Crippen LogP contribution in [0.1, 0.15) is 81.6 Å². The lowest BCUT2D eigenvalue weighted by Gasteiger charge is -2.37.